The van der Waals surface area contributed by atoms with Gasteiger partial charge in [0.1, 0.15) is 0 Å². The zero-order chi connectivity index (χ0) is 21.5. The molecule has 0 saturated heterocycles. The summed E-state index contributed by atoms with van der Waals surface area (Å²) in [6.45, 7) is 11.7. The van der Waals surface area contributed by atoms with Gasteiger partial charge in [-0.05, 0) is 45.8 Å². The third-order valence-electron chi connectivity index (χ3n) is 5.62. The summed E-state index contributed by atoms with van der Waals surface area (Å²) in [7, 11) is 0. The molecule has 0 aliphatic rings. The molecule has 0 saturated carbocycles. The molecule has 0 fully saturated rings. The summed E-state index contributed by atoms with van der Waals surface area (Å²) >= 11 is 0. The number of aryl methyl sites for hydroxylation is 1. The highest BCUT2D eigenvalue weighted by Crippen LogP contribution is 2.21. The fourth-order valence-corrected chi connectivity index (χ4v) is 3.80. The van der Waals surface area contributed by atoms with Crippen LogP contribution >= 0.6 is 0 Å². The summed E-state index contributed by atoms with van der Waals surface area (Å²) in [6.07, 6.45) is 4.41. The number of hydrogen-bond donors (Lipinski definition) is 1. The van der Waals surface area contributed by atoms with E-state index in [-0.39, 0.29) is 11.9 Å². The van der Waals surface area contributed by atoms with E-state index in [1.54, 1.807) is 6.20 Å². The number of carbonyl (C=O) groups is 1. The lowest BCUT2D eigenvalue weighted by atomic mass is 10.1. The van der Waals surface area contributed by atoms with Crippen molar-refractivity contribution in [2.45, 2.75) is 53.0 Å². The van der Waals surface area contributed by atoms with Crippen molar-refractivity contribution < 1.29 is 4.79 Å². The molecule has 1 amide bonds. The highest BCUT2D eigenvalue weighted by Gasteiger charge is 2.18. The molecule has 3 rings (SSSR count). The van der Waals surface area contributed by atoms with Gasteiger partial charge >= 0.3 is 0 Å². The van der Waals surface area contributed by atoms with Gasteiger partial charge in [0.05, 0.1) is 17.0 Å². The molecule has 0 aliphatic heterocycles. The Morgan fingerprint density at radius 3 is 2.57 bits per heavy atom. The normalized spacial score (nSPS) is 12.4. The number of carbonyl (C=O) groups excluding carboxylic acids is 1. The lowest BCUT2D eigenvalue weighted by Gasteiger charge is -2.20. The summed E-state index contributed by atoms with van der Waals surface area (Å²) in [5.41, 5.74) is 4.14. The van der Waals surface area contributed by atoms with Gasteiger partial charge < -0.3 is 10.2 Å². The standard InChI is InChI=1S/C24H33N5O/c1-5-22-20(24(30)26-18(4)12-11-15-28(6-2)7-3)17-25-23-16-21(27-29(22)23)19-13-9-8-10-14-19/h8-10,13-14,16-18H,5-7,11-12,15H2,1-4H3,(H,26,30). The average Bonchev–Trinajstić information content (AvgIpc) is 3.21. The molecule has 6 nitrogen and oxygen atoms in total. The number of nitrogens with one attached hydrogen (secondary N) is 1. The van der Waals surface area contributed by atoms with Gasteiger partial charge in [-0.1, -0.05) is 51.1 Å². The maximum atomic E-state index is 13.0. The summed E-state index contributed by atoms with van der Waals surface area (Å²) in [5.74, 6) is -0.0756. The Labute approximate surface area is 179 Å². The second kappa shape index (κ2) is 10.3. The smallest absolute Gasteiger partial charge is 0.254 e. The van der Waals surface area contributed by atoms with Crippen LogP contribution in [0.1, 0.15) is 56.6 Å². The van der Waals surface area contributed by atoms with E-state index >= 15 is 0 Å². The lowest BCUT2D eigenvalue weighted by molar-refractivity contribution is 0.0935. The van der Waals surface area contributed by atoms with Crippen LogP contribution in [0.5, 0.6) is 0 Å². The largest absolute Gasteiger partial charge is 0.349 e. The van der Waals surface area contributed by atoms with E-state index in [1.807, 2.05) is 47.8 Å². The zero-order valence-corrected chi connectivity index (χ0v) is 18.6. The van der Waals surface area contributed by atoms with Gasteiger partial charge in [-0.3, -0.25) is 4.79 Å². The number of amides is 1. The number of hydrogen-bond acceptors (Lipinski definition) is 4. The van der Waals surface area contributed by atoms with E-state index in [2.05, 4.69) is 36.0 Å². The Bertz CT molecular complexity index is 962. The third kappa shape index (κ3) is 5.05. The predicted octanol–water partition coefficient (Wildman–Crippen LogP) is 4.20. The molecule has 0 spiro atoms. The Morgan fingerprint density at radius 2 is 1.90 bits per heavy atom. The number of aromatic nitrogens is 3. The van der Waals surface area contributed by atoms with Crippen molar-refractivity contribution in [2.75, 3.05) is 19.6 Å². The zero-order valence-electron chi connectivity index (χ0n) is 18.6. The number of fused-ring (bicyclic) bond motifs is 1. The SMILES string of the molecule is CCc1c(C(=O)NC(C)CCCN(CC)CC)cnc2cc(-c3ccccc3)nn12. The van der Waals surface area contributed by atoms with Crippen LogP contribution < -0.4 is 5.32 Å². The quantitative estimate of drug-likeness (QED) is 0.547. The Balaban J connectivity index is 1.74. The lowest BCUT2D eigenvalue weighted by Crippen LogP contribution is -2.34. The molecule has 0 radical (unpaired) electrons. The number of nitrogens with zero attached hydrogens (tertiary/aromatic N) is 4. The van der Waals surface area contributed by atoms with E-state index in [0.717, 1.165) is 55.1 Å². The van der Waals surface area contributed by atoms with E-state index in [0.29, 0.717) is 12.0 Å². The van der Waals surface area contributed by atoms with Crippen molar-refractivity contribution in [1.29, 1.82) is 0 Å². The van der Waals surface area contributed by atoms with E-state index in [1.165, 1.54) is 0 Å². The molecule has 2 heterocycles. The molecule has 0 bridgehead atoms. The minimum atomic E-state index is -0.0756. The second-order valence-corrected chi connectivity index (χ2v) is 7.68. The summed E-state index contributed by atoms with van der Waals surface area (Å²) in [6, 6.07) is 12.1. The first-order valence-corrected chi connectivity index (χ1v) is 11.0. The Kier molecular flexibility index (Phi) is 7.57. The summed E-state index contributed by atoms with van der Waals surface area (Å²) in [4.78, 5) is 19.9. The molecule has 1 unspecified atom stereocenters. The van der Waals surface area contributed by atoms with Crippen molar-refractivity contribution in [2.24, 2.45) is 0 Å². The average molecular weight is 408 g/mol. The monoisotopic (exact) mass is 407 g/mol. The topological polar surface area (TPSA) is 62.5 Å². The molecule has 1 aromatic carbocycles. The van der Waals surface area contributed by atoms with Gasteiger partial charge in [0, 0.05) is 23.9 Å². The minimum absolute atomic E-state index is 0.0756. The van der Waals surface area contributed by atoms with Crippen LogP contribution in [0.15, 0.2) is 42.6 Å². The molecule has 2 aromatic heterocycles. The van der Waals surface area contributed by atoms with Crippen molar-refractivity contribution >= 4 is 11.6 Å². The fraction of sp³-hybridized carbons (Fsp3) is 0.458. The molecule has 3 aromatic rings. The van der Waals surface area contributed by atoms with Crippen molar-refractivity contribution in [1.82, 2.24) is 24.8 Å². The number of rotatable bonds is 10. The van der Waals surface area contributed by atoms with Gasteiger partial charge in [-0.2, -0.15) is 5.10 Å². The molecule has 6 heteroatoms. The third-order valence-corrected chi connectivity index (χ3v) is 5.62. The van der Waals surface area contributed by atoms with Gasteiger partial charge in [0.2, 0.25) is 0 Å². The van der Waals surface area contributed by atoms with Gasteiger partial charge in [-0.25, -0.2) is 9.50 Å². The fourth-order valence-electron chi connectivity index (χ4n) is 3.80. The van der Waals surface area contributed by atoms with Crippen LogP contribution in [0.3, 0.4) is 0 Å². The molecule has 160 valence electrons. The molecular formula is C24H33N5O. The highest BCUT2D eigenvalue weighted by molar-refractivity contribution is 5.95. The number of benzene rings is 1. The van der Waals surface area contributed by atoms with Gasteiger partial charge in [0.25, 0.3) is 5.91 Å². The van der Waals surface area contributed by atoms with E-state index < -0.39 is 0 Å². The van der Waals surface area contributed by atoms with Crippen LogP contribution in [0.25, 0.3) is 16.9 Å². The Hall–Kier alpha value is -2.73. The molecule has 0 aliphatic carbocycles. The first kappa shape index (κ1) is 22.0. The van der Waals surface area contributed by atoms with Crippen LogP contribution in [-0.4, -0.2) is 51.1 Å². The maximum Gasteiger partial charge on any atom is 0.254 e. The van der Waals surface area contributed by atoms with Crippen molar-refractivity contribution in [3.63, 3.8) is 0 Å². The molecular weight excluding hydrogens is 374 g/mol. The van der Waals surface area contributed by atoms with Crippen molar-refractivity contribution in [3.05, 3.63) is 53.9 Å². The second-order valence-electron chi connectivity index (χ2n) is 7.68. The summed E-state index contributed by atoms with van der Waals surface area (Å²) < 4.78 is 1.81. The van der Waals surface area contributed by atoms with Crippen LogP contribution in [0.4, 0.5) is 0 Å². The summed E-state index contributed by atoms with van der Waals surface area (Å²) in [5, 5.41) is 7.88. The van der Waals surface area contributed by atoms with Crippen LogP contribution in [0, 0.1) is 0 Å². The van der Waals surface area contributed by atoms with Gasteiger partial charge in [-0.15, -0.1) is 0 Å². The maximum absolute atomic E-state index is 13.0. The predicted molar refractivity (Wildman–Crippen MR) is 122 cm³/mol. The Morgan fingerprint density at radius 1 is 1.17 bits per heavy atom. The van der Waals surface area contributed by atoms with Crippen LogP contribution in [-0.2, 0) is 6.42 Å². The van der Waals surface area contributed by atoms with Crippen LogP contribution in [0.2, 0.25) is 0 Å². The van der Waals surface area contributed by atoms with Gasteiger partial charge in [0.15, 0.2) is 5.65 Å². The van der Waals surface area contributed by atoms with Crippen molar-refractivity contribution in [3.8, 4) is 11.3 Å². The molecule has 1 N–H and O–H groups in total. The highest BCUT2D eigenvalue weighted by atomic mass is 16.1. The minimum Gasteiger partial charge on any atom is -0.349 e. The van der Waals surface area contributed by atoms with E-state index in [9.17, 15) is 4.79 Å². The first-order valence-electron chi connectivity index (χ1n) is 11.0. The first-order chi connectivity index (χ1) is 14.6. The molecule has 1 atom stereocenters. The van der Waals surface area contributed by atoms with E-state index in [4.69, 9.17) is 5.10 Å². The molecule has 30 heavy (non-hydrogen) atoms.